The van der Waals surface area contributed by atoms with Gasteiger partial charge in [0.15, 0.2) is 0 Å². The summed E-state index contributed by atoms with van der Waals surface area (Å²) >= 11 is 0. The fraction of sp³-hybridized carbons (Fsp3) is 0.333. The van der Waals surface area contributed by atoms with Crippen LogP contribution in [-0.4, -0.2) is 24.2 Å². The molecule has 0 atom stereocenters. The predicted octanol–water partition coefficient (Wildman–Crippen LogP) is 2.67. The Hall–Kier alpha value is -2.30. The molecule has 0 aliphatic carbocycles. The van der Waals surface area contributed by atoms with Gasteiger partial charge in [0.1, 0.15) is 17.4 Å². The van der Waals surface area contributed by atoms with Gasteiger partial charge in [-0.2, -0.15) is 4.98 Å². The summed E-state index contributed by atoms with van der Waals surface area (Å²) in [6.07, 6.45) is 0.764. The molecule has 0 fully saturated rings. The Morgan fingerprint density at radius 1 is 1.10 bits per heavy atom. The van der Waals surface area contributed by atoms with Gasteiger partial charge in [0.25, 0.3) is 0 Å². The smallest absolute Gasteiger partial charge is 0.218 e. The molecule has 0 aliphatic rings. The lowest BCUT2D eigenvalue weighted by atomic mass is 10.2. The highest BCUT2D eigenvalue weighted by atomic mass is 16.5. The van der Waals surface area contributed by atoms with Crippen LogP contribution < -0.4 is 14.8 Å². The maximum Gasteiger partial charge on any atom is 0.218 e. The van der Waals surface area contributed by atoms with Crippen LogP contribution in [0.4, 0.5) is 5.82 Å². The number of aryl methyl sites for hydroxylation is 1. The number of rotatable bonds is 6. The molecule has 0 saturated carbocycles. The van der Waals surface area contributed by atoms with Crippen LogP contribution in [0.3, 0.4) is 0 Å². The number of nitrogens with one attached hydrogen (secondary N) is 1. The van der Waals surface area contributed by atoms with E-state index in [-0.39, 0.29) is 0 Å². The largest absolute Gasteiger partial charge is 0.496 e. The topological polar surface area (TPSA) is 56.3 Å². The molecule has 0 unspecified atom stereocenters. The Bertz CT molecular complexity index is 551. The van der Waals surface area contributed by atoms with Crippen LogP contribution in [0.2, 0.25) is 0 Å². The van der Waals surface area contributed by atoms with Crippen molar-refractivity contribution in [2.45, 2.75) is 19.9 Å². The van der Waals surface area contributed by atoms with Gasteiger partial charge >= 0.3 is 0 Å². The third kappa shape index (κ3) is 3.38. The number of benzene rings is 1. The van der Waals surface area contributed by atoms with Gasteiger partial charge in [-0.1, -0.05) is 25.1 Å². The van der Waals surface area contributed by atoms with Gasteiger partial charge in [0.05, 0.1) is 14.2 Å². The molecule has 1 aromatic heterocycles. The van der Waals surface area contributed by atoms with E-state index in [0.29, 0.717) is 12.4 Å². The molecule has 0 saturated heterocycles. The Kier molecular flexibility index (Phi) is 4.76. The van der Waals surface area contributed by atoms with E-state index in [4.69, 9.17) is 9.47 Å². The maximum atomic E-state index is 5.33. The highest BCUT2D eigenvalue weighted by molar-refractivity contribution is 5.42. The minimum atomic E-state index is 0.569. The Morgan fingerprint density at radius 2 is 1.90 bits per heavy atom. The number of aromatic nitrogens is 2. The second-order valence-corrected chi connectivity index (χ2v) is 4.23. The molecule has 2 aromatic rings. The highest BCUT2D eigenvalue weighted by Gasteiger charge is 2.05. The van der Waals surface area contributed by atoms with Gasteiger partial charge in [-0.3, -0.25) is 0 Å². The lowest BCUT2D eigenvalue weighted by Gasteiger charge is -2.11. The van der Waals surface area contributed by atoms with Crippen LogP contribution in [0.5, 0.6) is 11.6 Å². The zero-order chi connectivity index (χ0) is 14.4. The van der Waals surface area contributed by atoms with Gasteiger partial charge in [0, 0.05) is 24.6 Å². The monoisotopic (exact) mass is 273 g/mol. The van der Waals surface area contributed by atoms with E-state index in [2.05, 4.69) is 15.3 Å². The van der Waals surface area contributed by atoms with E-state index in [9.17, 15) is 0 Å². The van der Waals surface area contributed by atoms with Crippen LogP contribution in [0, 0.1) is 0 Å². The number of hydrogen-bond acceptors (Lipinski definition) is 5. The molecule has 0 amide bonds. The van der Waals surface area contributed by atoms with Gasteiger partial charge in [-0.05, 0) is 6.07 Å². The van der Waals surface area contributed by atoms with Crippen molar-refractivity contribution in [3.05, 3.63) is 41.7 Å². The Labute approximate surface area is 119 Å². The summed E-state index contributed by atoms with van der Waals surface area (Å²) in [7, 11) is 3.27. The van der Waals surface area contributed by atoms with Crippen molar-refractivity contribution in [1.29, 1.82) is 0 Å². The van der Waals surface area contributed by atoms with Gasteiger partial charge < -0.3 is 14.8 Å². The summed E-state index contributed by atoms with van der Waals surface area (Å²) < 4.78 is 10.5. The van der Waals surface area contributed by atoms with Crippen LogP contribution in [0.1, 0.15) is 18.3 Å². The summed E-state index contributed by atoms with van der Waals surface area (Å²) in [6.45, 7) is 2.64. The van der Waals surface area contributed by atoms with Crippen LogP contribution in [-0.2, 0) is 13.0 Å². The van der Waals surface area contributed by atoms with E-state index in [0.717, 1.165) is 29.4 Å². The second-order valence-electron chi connectivity index (χ2n) is 4.23. The molecule has 0 radical (unpaired) electrons. The first-order valence-electron chi connectivity index (χ1n) is 6.54. The van der Waals surface area contributed by atoms with E-state index in [1.165, 1.54) is 0 Å². The number of nitrogens with zero attached hydrogens (tertiary/aromatic N) is 2. The Morgan fingerprint density at radius 3 is 2.60 bits per heavy atom. The molecule has 1 N–H and O–H groups in total. The molecule has 0 spiro atoms. The first-order chi connectivity index (χ1) is 9.76. The first-order valence-corrected chi connectivity index (χ1v) is 6.54. The third-order valence-electron chi connectivity index (χ3n) is 2.93. The fourth-order valence-corrected chi connectivity index (χ4v) is 1.86. The molecule has 1 heterocycles. The van der Waals surface area contributed by atoms with Gasteiger partial charge in [0.2, 0.25) is 5.88 Å². The summed E-state index contributed by atoms with van der Waals surface area (Å²) in [5, 5.41) is 3.27. The highest BCUT2D eigenvalue weighted by Crippen LogP contribution is 2.19. The molecule has 0 bridgehead atoms. The molecule has 0 aliphatic heterocycles. The van der Waals surface area contributed by atoms with E-state index in [1.54, 1.807) is 20.3 Å². The molecule has 20 heavy (non-hydrogen) atoms. The lowest BCUT2D eigenvalue weighted by Crippen LogP contribution is -2.06. The van der Waals surface area contributed by atoms with E-state index < -0.39 is 0 Å². The maximum absolute atomic E-state index is 5.33. The van der Waals surface area contributed by atoms with Gasteiger partial charge in [-0.25, -0.2) is 4.98 Å². The molecule has 5 heteroatoms. The van der Waals surface area contributed by atoms with Gasteiger partial charge in [-0.15, -0.1) is 0 Å². The quantitative estimate of drug-likeness (QED) is 0.877. The van der Waals surface area contributed by atoms with Crippen molar-refractivity contribution >= 4 is 5.82 Å². The Balaban J connectivity index is 2.14. The minimum Gasteiger partial charge on any atom is -0.496 e. The van der Waals surface area contributed by atoms with Crippen molar-refractivity contribution in [1.82, 2.24) is 9.97 Å². The molecule has 2 rings (SSSR count). The molecule has 1 aromatic carbocycles. The van der Waals surface area contributed by atoms with Crippen LogP contribution in [0.15, 0.2) is 30.3 Å². The van der Waals surface area contributed by atoms with Crippen molar-refractivity contribution in [2.75, 3.05) is 19.5 Å². The van der Waals surface area contributed by atoms with E-state index in [1.807, 2.05) is 31.2 Å². The first kappa shape index (κ1) is 14.1. The fourth-order valence-electron chi connectivity index (χ4n) is 1.86. The number of ether oxygens (including phenoxy) is 2. The van der Waals surface area contributed by atoms with Crippen LogP contribution >= 0.6 is 0 Å². The average Bonchev–Trinajstić information content (AvgIpc) is 2.52. The average molecular weight is 273 g/mol. The van der Waals surface area contributed by atoms with Crippen molar-refractivity contribution in [3.63, 3.8) is 0 Å². The normalized spacial score (nSPS) is 10.2. The van der Waals surface area contributed by atoms with Crippen molar-refractivity contribution < 1.29 is 9.47 Å². The van der Waals surface area contributed by atoms with Crippen LogP contribution in [0.25, 0.3) is 0 Å². The second kappa shape index (κ2) is 6.75. The van der Waals surface area contributed by atoms with E-state index >= 15 is 0 Å². The summed E-state index contributed by atoms with van der Waals surface area (Å²) in [4.78, 5) is 8.69. The minimum absolute atomic E-state index is 0.569. The predicted molar refractivity (Wildman–Crippen MR) is 78.3 cm³/mol. The summed E-state index contributed by atoms with van der Waals surface area (Å²) in [5.74, 6) is 2.93. The zero-order valence-electron chi connectivity index (χ0n) is 12.0. The molecule has 106 valence electrons. The molecular weight excluding hydrogens is 254 g/mol. The van der Waals surface area contributed by atoms with Crippen molar-refractivity contribution in [2.24, 2.45) is 0 Å². The number of methoxy groups -OCH3 is 2. The molecular formula is C15H19N3O2. The lowest BCUT2D eigenvalue weighted by molar-refractivity contribution is 0.395. The number of hydrogen-bond donors (Lipinski definition) is 1. The third-order valence-corrected chi connectivity index (χ3v) is 2.93. The standard InChI is InChI=1S/C15H19N3O2/c1-4-13-17-14(9-15(18-13)20-3)16-10-11-7-5-6-8-12(11)19-2/h5-9H,4,10H2,1-3H3,(H,16,17,18). The number of anilines is 1. The van der Waals surface area contributed by atoms with Crippen molar-refractivity contribution in [3.8, 4) is 11.6 Å². The molecule has 5 nitrogen and oxygen atoms in total. The summed E-state index contributed by atoms with van der Waals surface area (Å²) in [5.41, 5.74) is 1.07. The number of para-hydroxylation sites is 1. The SMILES string of the molecule is CCc1nc(NCc2ccccc2OC)cc(OC)n1. The zero-order valence-corrected chi connectivity index (χ0v) is 12.0. The summed E-state index contributed by atoms with van der Waals surface area (Å²) in [6, 6.07) is 9.68.